The van der Waals surface area contributed by atoms with Gasteiger partial charge in [-0.1, -0.05) is 93.1 Å². The molecule has 578 valence electrons. The Balaban J connectivity index is 0.000000114. The van der Waals surface area contributed by atoms with Gasteiger partial charge in [0.25, 0.3) is 0 Å². The molecule has 16 nitrogen and oxygen atoms in total. The Morgan fingerprint density at radius 1 is 0.487 bits per heavy atom. The number of hydrogen-bond donors (Lipinski definition) is 2. The van der Waals surface area contributed by atoms with Crippen LogP contribution in [-0.2, 0) is 40.0 Å². The molecule has 2 saturated carbocycles. The molecule has 1 saturated heterocycles. The van der Waals surface area contributed by atoms with Gasteiger partial charge < -0.3 is 46.8 Å². The minimum absolute atomic E-state index is 0.00944. The van der Waals surface area contributed by atoms with Crippen LogP contribution < -0.4 is 35.9 Å². The second-order valence-electron chi connectivity index (χ2n) is 33.3. The van der Waals surface area contributed by atoms with Crippen molar-refractivity contribution in [3.63, 3.8) is 0 Å². The lowest BCUT2D eigenvalue weighted by Gasteiger charge is -2.43. The first kappa shape index (κ1) is 75.8. The number of phenols is 1. The summed E-state index contributed by atoms with van der Waals surface area (Å²) in [6, 6.07) is 34.5. The van der Waals surface area contributed by atoms with E-state index in [1.165, 1.54) is 29.0 Å². The molecule has 19 rings (SSSR count). The van der Waals surface area contributed by atoms with Crippen molar-refractivity contribution in [2.75, 3.05) is 6.61 Å². The molecule has 2 N–H and O–H groups in total. The number of Topliss-reactive ketones (excluding diaryl/α,β-unsaturated/α-hetero) is 2. The summed E-state index contributed by atoms with van der Waals surface area (Å²) < 4.78 is 47.8. The molecule has 5 atom stereocenters. The zero-order valence-electron chi connectivity index (χ0n) is 66.2. The molecule has 2 unspecified atom stereocenters. The number of carbonyl (C=O) groups excluding carboxylic acids is 2. The van der Waals surface area contributed by atoms with Crippen LogP contribution in [0.15, 0.2) is 182 Å². The molecule has 0 spiro atoms. The summed E-state index contributed by atoms with van der Waals surface area (Å²) >= 11 is 0. The van der Waals surface area contributed by atoms with Gasteiger partial charge in [-0.05, 0) is 235 Å². The van der Waals surface area contributed by atoms with Gasteiger partial charge in [-0.15, -0.1) is 0 Å². The van der Waals surface area contributed by atoms with Crippen LogP contribution in [0.4, 0.5) is 0 Å². The lowest BCUT2D eigenvalue weighted by molar-refractivity contribution is -0.203. The summed E-state index contributed by atoms with van der Waals surface area (Å²) in [7, 11) is 0. The van der Waals surface area contributed by atoms with Crippen LogP contribution in [0.25, 0.3) is 88.4 Å². The van der Waals surface area contributed by atoms with E-state index in [9.17, 15) is 39.0 Å². The Morgan fingerprint density at radius 3 is 1.53 bits per heavy atom. The van der Waals surface area contributed by atoms with Gasteiger partial charge in [0.15, 0.2) is 5.78 Å². The van der Waals surface area contributed by atoms with Crippen LogP contribution in [0.2, 0.25) is 0 Å². The average molecular weight is 1520 g/mol. The van der Waals surface area contributed by atoms with Crippen molar-refractivity contribution < 1.29 is 56.4 Å². The monoisotopic (exact) mass is 1510 g/mol. The highest BCUT2D eigenvalue weighted by Crippen LogP contribution is 2.49. The van der Waals surface area contributed by atoms with Gasteiger partial charge in [0, 0.05) is 83.2 Å². The number of carbonyl (C=O) groups is 2. The first-order valence-corrected chi connectivity index (χ1v) is 39.5. The van der Waals surface area contributed by atoms with Gasteiger partial charge in [-0.2, -0.15) is 0 Å². The first-order valence-electron chi connectivity index (χ1n) is 39.5. The lowest BCUT2D eigenvalue weighted by atomic mass is 9.74. The maximum Gasteiger partial charge on any atom is 0.211 e. The highest BCUT2D eigenvalue weighted by atomic mass is 16.7. The predicted molar refractivity (Wildman–Crippen MR) is 440 cm³/mol. The summed E-state index contributed by atoms with van der Waals surface area (Å²) in [5, 5.41) is 23.4. The number of phenolic OH excluding ortho intramolecular Hbond substituents is 1. The number of hydrogen-bond acceptors (Lipinski definition) is 16. The van der Waals surface area contributed by atoms with Crippen LogP contribution in [0.5, 0.6) is 23.0 Å². The van der Waals surface area contributed by atoms with Crippen molar-refractivity contribution in [3.05, 3.63) is 264 Å². The molecule has 0 amide bonds. The molecule has 12 aromatic rings. The Bertz CT molecular complexity index is 6250. The van der Waals surface area contributed by atoms with E-state index in [1.807, 2.05) is 139 Å². The Morgan fingerprint density at radius 2 is 0.991 bits per heavy atom. The Hall–Kier alpha value is -11.2. The van der Waals surface area contributed by atoms with E-state index in [1.54, 1.807) is 30.9 Å². The molecule has 0 radical (unpaired) electrons. The van der Waals surface area contributed by atoms with Crippen molar-refractivity contribution in [2.24, 2.45) is 23.2 Å². The minimum atomic E-state index is -1.08. The standard InChI is InChI=1S/C27H26O4.C24H24O4.2C23H22O4/c1-14-6-7-17(8-15(14)2)21-13-30-26-16(3)25-18(10-20(26)24(21)29)9-19-22(28)11-27(4,5)12-23(19)31-25;1-14-6-7-16(11-15(14)2)20-13-27-23-18(22(20)25)8-9-21-19(23)12-17-5-3-4-10-24(17,26)28-21;1-12-4-5-15(8-13(12)2)19-11-26-22-14(3)21-17(10-18(22)20(19)24)9-16-6-7-25-23(16)27-21;1-13-6-7-15(10-14(13)2)19-12-27-23-17(22(19)26)8-9-21(25)18(23)11-16-4-3-5-20(16)24/h6-8,10,13H,9,11-12H2,1-5H3;6-9,11,13,17,26H,3-5,10,12H2,1-2H3;4-5,8,10-11,16,23H,6-7,9H2,1-3H3;6-10,12,16,25H,3-5,11H2,1-2H3/t;17-,24?;16-,23+;/m.10./s1. The normalized spacial score (nSPS) is 19.7. The largest absolute Gasteiger partial charge is 0.508 e. The second kappa shape index (κ2) is 29.7. The second-order valence-corrected chi connectivity index (χ2v) is 33.3. The number of aromatic hydroxyl groups is 1. The van der Waals surface area contributed by atoms with Crippen LogP contribution in [0.1, 0.15) is 156 Å². The number of fused-ring (bicyclic) bond motifs is 10. The number of rotatable bonds is 6. The topological polar surface area (TPSA) is 232 Å². The number of ketones is 2. The molecule has 16 heteroatoms. The molecule has 8 aromatic carbocycles. The van der Waals surface area contributed by atoms with Gasteiger partial charge in [-0.25, -0.2) is 0 Å². The fraction of sp³-hybridized carbons (Fsp3) is 0.340. The van der Waals surface area contributed by atoms with Gasteiger partial charge in [0.2, 0.25) is 33.8 Å². The molecular weight excluding hydrogens is 1420 g/mol. The Labute approximate surface area is 655 Å². The average Bonchev–Trinajstić information content (AvgIpc) is 1.16. The van der Waals surface area contributed by atoms with E-state index in [-0.39, 0.29) is 62.6 Å². The van der Waals surface area contributed by atoms with Crippen molar-refractivity contribution in [1.82, 2.24) is 0 Å². The fourth-order valence-corrected chi connectivity index (χ4v) is 17.6. The number of benzene rings is 8. The number of aryl methyl sites for hydroxylation is 10. The quantitative estimate of drug-likeness (QED) is 0.158. The molecule has 113 heavy (non-hydrogen) atoms. The minimum Gasteiger partial charge on any atom is -0.508 e. The third kappa shape index (κ3) is 14.1. The van der Waals surface area contributed by atoms with E-state index in [0.29, 0.717) is 122 Å². The van der Waals surface area contributed by atoms with Crippen molar-refractivity contribution in [3.8, 4) is 67.5 Å². The van der Waals surface area contributed by atoms with Crippen LogP contribution in [0.3, 0.4) is 0 Å². The highest BCUT2D eigenvalue weighted by Gasteiger charge is 2.46. The number of allylic oxidation sites excluding steroid dienone is 2. The highest BCUT2D eigenvalue weighted by molar-refractivity contribution is 5.99. The van der Waals surface area contributed by atoms with E-state index < -0.39 is 5.79 Å². The summed E-state index contributed by atoms with van der Waals surface area (Å²) in [6.45, 7) is 25.1. The molecular formula is C97H94O16. The van der Waals surface area contributed by atoms with E-state index in [0.717, 1.165) is 159 Å². The van der Waals surface area contributed by atoms with Gasteiger partial charge >= 0.3 is 0 Å². The molecule has 0 bridgehead atoms. The fourth-order valence-electron chi connectivity index (χ4n) is 17.6. The predicted octanol–water partition coefficient (Wildman–Crippen LogP) is 20.2. The molecule has 4 aromatic heterocycles. The zero-order chi connectivity index (χ0) is 79.4. The Kier molecular flexibility index (Phi) is 19.9. The van der Waals surface area contributed by atoms with Gasteiger partial charge in [-0.3, -0.25) is 28.8 Å². The smallest absolute Gasteiger partial charge is 0.211 e. The van der Waals surface area contributed by atoms with Crippen molar-refractivity contribution in [2.45, 2.75) is 185 Å². The van der Waals surface area contributed by atoms with Crippen LogP contribution >= 0.6 is 0 Å². The summed E-state index contributed by atoms with van der Waals surface area (Å²) in [5.74, 6) is 2.60. The molecule has 8 heterocycles. The summed E-state index contributed by atoms with van der Waals surface area (Å²) in [4.78, 5) is 77.7. The van der Waals surface area contributed by atoms with E-state index >= 15 is 0 Å². The lowest BCUT2D eigenvalue weighted by Crippen LogP contribution is -2.49. The van der Waals surface area contributed by atoms with Crippen molar-refractivity contribution in [1.29, 1.82) is 0 Å². The molecule has 3 aliphatic carbocycles. The molecule has 7 aliphatic rings. The summed E-state index contributed by atoms with van der Waals surface area (Å²) in [6.07, 6.45) is 16.7. The van der Waals surface area contributed by atoms with Crippen LogP contribution in [-0.4, -0.2) is 40.5 Å². The van der Waals surface area contributed by atoms with E-state index in [4.69, 9.17) is 36.6 Å². The molecule has 4 aliphatic heterocycles. The SMILES string of the molecule is Cc1ccc(-c2coc3c(C)c4c(cc3c2=O)CC2=C(CC(C)(C)CC2=O)O4)cc1C.Cc1ccc(-c2coc3c(C)c4c(cc3c2=O)C[C@@H]2CCO[C@@H]2O4)cc1C.Cc1ccc(-c2coc3c(CC4CCCC4=O)c(O)ccc3c2=O)cc1C.Cc1ccc(-c2coc3c4c(ccc3c2=O)OC2(O)CCCC[C@@H]2C4)cc1C. The number of ether oxygens (including phenoxy) is 4. The maximum atomic E-state index is 13.4. The zero-order valence-corrected chi connectivity index (χ0v) is 66.2. The summed E-state index contributed by atoms with van der Waals surface area (Å²) in [5.41, 5.74) is 22.6. The van der Waals surface area contributed by atoms with Gasteiger partial charge in [0.05, 0.1) is 50.4 Å². The van der Waals surface area contributed by atoms with E-state index in [2.05, 4.69) is 34.6 Å². The maximum absolute atomic E-state index is 13.4. The third-order valence-electron chi connectivity index (χ3n) is 24.9. The first-order chi connectivity index (χ1) is 54.1. The number of aliphatic hydroxyl groups is 1. The van der Waals surface area contributed by atoms with Crippen molar-refractivity contribution >= 4 is 55.4 Å². The van der Waals surface area contributed by atoms with Crippen LogP contribution in [0, 0.1) is 92.4 Å². The molecule has 3 fully saturated rings. The van der Waals surface area contributed by atoms with Gasteiger partial charge in [0.1, 0.15) is 81.9 Å². The third-order valence-corrected chi connectivity index (χ3v) is 24.9.